The molecule has 1 aromatic rings. The molecule has 0 aliphatic heterocycles. The van der Waals surface area contributed by atoms with Gasteiger partial charge in [0.25, 0.3) is 0 Å². The van der Waals surface area contributed by atoms with Gasteiger partial charge in [0, 0.05) is 24.8 Å². The summed E-state index contributed by atoms with van der Waals surface area (Å²) in [5.74, 6) is 0.471. The molecular formula is C16H25N3O2. The van der Waals surface area contributed by atoms with E-state index >= 15 is 0 Å². The highest BCUT2D eigenvalue weighted by Gasteiger charge is 2.26. The molecule has 1 aromatic heterocycles. The van der Waals surface area contributed by atoms with Crippen LogP contribution in [0.4, 0.5) is 0 Å². The molecule has 2 rings (SSSR count). The third-order valence-electron chi connectivity index (χ3n) is 4.00. The van der Waals surface area contributed by atoms with Gasteiger partial charge in [0.15, 0.2) is 0 Å². The fourth-order valence-corrected chi connectivity index (χ4v) is 3.01. The second-order valence-electron chi connectivity index (χ2n) is 6.16. The van der Waals surface area contributed by atoms with E-state index in [1.54, 1.807) is 13.1 Å². The van der Waals surface area contributed by atoms with Gasteiger partial charge >= 0.3 is 0 Å². The summed E-state index contributed by atoms with van der Waals surface area (Å²) in [5, 5.41) is 6.21. The summed E-state index contributed by atoms with van der Waals surface area (Å²) in [6.45, 7) is 4.23. The number of fused-ring (bicyclic) bond motifs is 1. The van der Waals surface area contributed by atoms with Crippen LogP contribution in [0.2, 0.25) is 0 Å². The zero-order chi connectivity index (χ0) is 15.4. The molecular weight excluding hydrogens is 266 g/mol. The van der Waals surface area contributed by atoms with E-state index < -0.39 is 0 Å². The topological polar surface area (TPSA) is 74.0 Å². The summed E-state index contributed by atoms with van der Waals surface area (Å²) in [7, 11) is 1.67. The zero-order valence-electron chi connectivity index (χ0n) is 13.0. The second-order valence-corrected chi connectivity index (χ2v) is 6.16. The normalized spacial score (nSPS) is 19.1. The highest BCUT2D eigenvalue weighted by Crippen LogP contribution is 2.28. The van der Waals surface area contributed by atoms with Crippen LogP contribution in [-0.4, -0.2) is 24.0 Å². The molecule has 2 atom stereocenters. The number of likely N-dealkylation sites (N-methyl/N-ethyl adjacent to an activating group) is 1. The van der Waals surface area contributed by atoms with E-state index in [1.165, 1.54) is 0 Å². The first-order chi connectivity index (χ1) is 10.0. The van der Waals surface area contributed by atoms with Crippen LogP contribution in [0, 0.1) is 5.92 Å². The summed E-state index contributed by atoms with van der Waals surface area (Å²) < 4.78 is 0. The van der Waals surface area contributed by atoms with Crippen molar-refractivity contribution in [2.45, 2.75) is 51.6 Å². The molecule has 0 fully saturated rings. The zero-order valence-corrected chi connectivity index (χ0v) is 13.0. The number of hydrogen-bond acceptors (Lipinski definition) is 3. The molecule has 0 radical (unpaired) electrons. The van der Waals surface area contributed by atoms with Crippen LogP contribution >= 0.6 is 0 Å². The SMILES string of the molecule is CNC(=O)C(CC(C)C)NC1CCCc2[nH]c(=O)ccc21. The lowest BCUT2D eigenvalue weighted by molar-refractivity contribution is -0.123. The lowest BCUT2D eigenvalue weighted by atomic mass is 9.90. The van der Waals surface area contributed by atoms with Gasteiger partial charge in [0.2, 0.25) is 11.5 Å². The van der Waals surface area contributed by atoms with Gasteiger partial charge in [0.05, 0.1) is 6.04 Å². The van der Waals surface area contributed by atoms with E-state index in [4.69, 9.17) is 0 Å². The van der Waals surface area contributed by atoms with Crippen LogP contribution in [0.5, 0.6) is 0 Å². The van der Waals surface area contributed by atoms with Gasteiger partial charge in [0.1, 0.15) is 0 Å². The fourth-order valence-electron chi connectivity index (χ4n) is 3.01. The van der Waals surface area contributed by atoms with Crippen LogP contribution in [0.15, 0.2) is 16.9 Å². The monoisotopic (exact) mass is 291 g/mol. The molecule has 0 aromatic carbocycles. The predicted molar refractivity (Wildman–Crippen MR) is 83.2 cm³/mol. The molecule has 5 nitrogen and oxygen atoms in total. The third-order valence-corrected chi connectivity index (χ3v) is 4.00. The standard InChI is InChI=1S/C16H25N3O2/c1-10(2)9-14(16(21)17-3)18-12-5-4-6-13-11(12)7-8-15(20)19-13/h7-8,10,12,14,18H,4-6,9H2,1-3H3,(H,17,21)(H,19,20). The molecule has 0 bridgehead atoms. The number of aromatic amines is 1. The quantitative estimate of drug-likeness (QED) is 0.769. The van der Waals surface area contributed by atoms with E-state index in [0.29, 0.717) is 5.92 Å². The van der Waals surface area contributed by atoms with Gasteiger partial charge in [-0.15, -0.1) is 0 Å². The van der Waals surface area contributed by atoms with E-state index in [0.717, 1.165) is 36.9 Å². The molecule has 0 saturated carbocycles. The highest BCUT2D eigenvalue weighted by atomic mass is 16.2. The number of carbonyl (C=O) groups excluding carboxylic acids is 1. The first-order valence-corrected chi connectivity index (χ1v) is 7.71. The average molecular weight is 291 g/mol. The van der Waals surface area contributed by atoms with Crippen molar-refractivity contribution in [3.05, 3.63) is 33.7 Å². The summed E-state index contributed by atoms with van der Waals surface area (Å²) in [4.78, 5) is 26.4. The van der Waals surface area contributed by atoms with Gasteiger partial charge in [-0.2, -0.15) is 0 Å². The minimum absolute atomic E-state index is 0.0280. The number of pyridine rings is 1. The number of aryl methyl sites for hydroxylation is 1. The Morgan fingerprint density at radius 2 is 2.19 bits per heavy atom. The number of carbonyl (C=O) groups is 1. The number of aromatic nitrogens is 1. The highest BCUT2D eigenvalue weighted by molar-refractivity contribution is 5.81. The lowest BCUT2D eigenvalue weighted by Crippen LogP contribution is -2.46. The van der Waals surface area contributed by atoms with Gasteiger partial charge in [-0.25, -0.2) is 0 Å². The van der Waals surface area contributed by atoms with Crippen LogP contribution < -0.4 is 16.2 Å². The van der Waals surface area contributed by atoms with Crippen molar-refractivity contribution in [2.24, 2.45) is 5.92 Å². The Morgan fingerprint density at radius 3 is 2.86 bits per heavy atom. The second kappa shape index (κ2) is 6.89. The Labute approximate surface area is 125 Å². The van der Waals surface area contributed by atoms with Crippen molar-refractivity contribution in [2.75, 3.05) is 7.05 Å². The van der Waals surface area contributed by atoms with Crippen LogP contribution in [-0.2, 0) is 11.2 Å². The third kappa shape index (κ3) is 3.94. The first kappa shape index (κ1) is 15.8. The predicted octanol–water partition coefficient (Wildman–Crippen LogP) is 1.50. The van der Waals surface area contributed by atoms with E-state index in [-0.39, 0.29) is 23.6 Å². The maximum Gasteiger partial charge on any atom is 0.248 e. The lowest BCUT2D eigenvalue weighted by Gasteiger charge is -2.30. The molecule has 0 spiro atoms. The minimum atomic E-state index is -0.196. The Hall–Kier alpha value is -1.62. The van der Waals surface area contributed by atoms with Crippen molar-refractivity contribution in [1.29, 1.82) is 0 Å². The van der Waals surface area contributed by atoms with Crippen molar-refractivity contribution in [3.63, 3.8) is 0 Å². The van der Waals surface area contributed by atoms with Crippen LogP contribution in [0.25, 0.3) is 0 Å². The molecule has 2 unspecified atom stereocenters. The molecule has 1 amide bonds. The minimum Gasteiger partial charge on any atom is -0.358 e. The maximum atomic E-state index is 12.1. The molecule has 1 heterocycles. The van der Waals surface area contributed by atoms with E-state index in [1.807, 2.05) is 6.07 Å². The van der Waals surface area contributed by atoms with E-state index in [2.05, 4.69) is 29.5 Å². The van der Waals surface area contributed by atoms with Crippen LogP contribution in [0.3, 0.4) is 0 Å². The molecule has 116 valence electrons. The molecule has 5 heteroatoms. The fraction of sp³-hybridized carbons (Fsp3) is 0.625. The smallest absolute Gasteiger partial charge is 0.248 e. The van der Waals surface area contributed by atoms with Crippen molar-refractivity contribution < 1.29 is 4.79 Å². The largest absolute Gasteiger partial charge is 0.358 e. The van der Waals surface area contributed by atoms with E-state index in [9.17, 15) is 9.59 Å². The number of rotatable bonds is 5. The van der Waals surface area contributed by atoms with Gasteiger partial charge in [-0.3, -0.25) is 14.9 Å². The summed E-state index contributed by atoms with van der Waals surface area (Å²) in [6, 6.07) is 3.39. The van der Waals surface area contributed by atoms with Crippen molar-refractivity contribution >= 4 is 5.91 Å². The number of H-pyrrole nitrogens is 1. The van der Waals surface area contributed by atoms with Crippen molar-refractivity contribution in [3.8, 4) is 0 Å². The first-order valence-electron chi connectivity index (χ1n) is 7.71. The molecule has 0 saturated heterocycles. The Morgan fingerprint density at radius 1 is 1.43 bits per heavy atom. The van der Waals surface area contributed by atoms with Gasteiger partial charge in [-0.05, 0) is 37.2 Å². The maximum absolute atomic E-state index is 12.1. The Kier molecular flexibility index (Phi) is 5.17. The number of amides is 1. The Balaban J connectivity index is 2.18. The molecule has 1 aliphatic rings. The summed E-state index contributed by atoms with van der Waals surface area (Å²) >= 11 is 0. The van der Waals surface area contributed by atoms with Gasteiger partial charge in [-0.1, -0.05) is 19.9 Å². The summed E-state index contributed by atoms with van der Waals surface area (Å²) in [5.41, 5.74) is 2.07. The number of nitrogens with one attached hydrogen (secondary N) is 3. The molecule has 21 heavy (non-hydrogen) atoms. The Bertz CT molecular complexity index is 551. The molecule has 3 N–H and O–H groups in total. The van der Waals surface area contributed by atoms with Crippen molar-refractivity contribution in [1.82, 2.24) is 15.6 Å². The summed E-state index contributed by atoms with van der Waals surface area (Å²) in [6.07, 6.45) is 3.71. The number of hydrogen-bond donors (Lipinski definition) is 3. The molecule has 1 aliphatic carbocycles. The van der Waals surface area contributed by atoms with Crippen LogP contribution in [0.1, 0.15) is 50.4 Å². The average Bonchev–Trinajstić information content (AvgIpc) is 2.45. The van der Waals surface area contributed by atoms with Gasteiger partial charge < -0.3 is 10.3 Å².